The molecule has 0 saturated carbocycles. The van der Waals surface area contributed by atoms with Crippen molar-refractivity contribution in [1.82, 2.24) is 4.98 Å². The first-order valence-electron chi connectivity index (χ1n) is 7.37. The second-order valence-corrected chi connectivity index (χ2v) is 6.99. The molecule has 1 aromatic heterocycles. The van der Waals surface area contributed by atoms with Gasteiger partial charge in [0, 0.05) is 31.3 Å². The zero-order valence-corrected chi connectivity index (χ0v) is 13.6. The molecule has 6 heteroatoms. The maximum atomic E-state index is 10.7. The Balaban J connectivity index is 1.88. The van der Waals surface area contributed by atoms with E-state index in [-0.39, 0.29) is 12.0 Å². The lowest BCUT2D eigenvalue weighted by atomic mass is 9.79. The summed E-state index contributed by atoms with van der Waals surface area (Å²) in [7, 11) is 0. The van der Waals surface area contributed by atoms with E-state index in [0.717, 1.165) is 25.2 Å². The van der Waals surface area contributed by atoms with Crippen LogP contribution in [-0.2, 0) is 4.74 Å². The molecule has 0 aromatic carbocycles. The average Bonchev–Trinajstić information content (AvgIpc) is 2.87. The Hall–Kier alpha value is -0.550. The Morgan fingerprint density at radius 3 is 3.00 bits per heavy atom. The van der Waals surface area contributed by atoms with Gasteiger partial charge in [0.2, 0.25) is 0 Å². The van der Waals surface area contributed by atoms with E-state index in [4.69, 9.17) is 27.9 Å². The molecular formula is C15H20Cl2N2O2. The Morgan fingerprint density at radius 1 is 1.48 bits per heavy atom. The van der Waals surface area contributed by atoms with Gasteiger partial charge in [-0.1, -0.05) is 23.2 Å². The molecule has 4 nitrogen and oxygen atoms in total. The molecule has 0 amide bonds. The van der Waals surface area contributed by atoms with Crippen LogP contribution in [0.25, 0.3) is 0 Å². The van der Waals surface area contributed by atoms with E-state index in [2.05, 4.69) is 9.88 Å². The summed E-state index contributed by atoms with van der Waals surface area (Å²) in [6.07, 6.45) is 4.38. The lowest BCUT2D eigenvalue weighted by Crippen LogP contribution is -2.52. The fraction of sp³-hybridized carbons (Fsp3) is 0.667. The lowest BCUT2D eigenvalue weighted by Gasteiger charge is -2.43. The number of ether oxygens (including phenoxy) is 1. The molecular weight excluding hydrogens is 311 g/mol. The van der Waals surface area contributed by atoms with E-state index in [1.54, 1.807) is 12.3 Å². The standard InChI is InChI=1S/C15H20Cl2N2O2/c1-15(20)4-6-21-9-11(15)13-3-2-5-19(13)14-12(17)7-10(16)8-18-14/h7-8,11,13,20H,2-6,9H2,1H3/t11-,13-,15+/m1/s1. The van der Waals surface area contributed by atoms with Crippen molar-refractivity contribution in [3.05, 3.63) is 22.3 Å². The minimum absolute atomic E-state index is 0.0716. The van der Waals surface area contributed by atoms with Crippen molar-refractivity contribution >= 4 is 29.0 Å². The van der Waals surface area contributed by atoms with Gasteiger partial charge in [-0.25, -0.2) is 4.98 Å². The number of aliphatic hydroxyl groups is 1. The molecule has 2 fully saturated rings. The van der Waals surface area contributed by atoms with Crippen LogP contribution in [0, 0.1) is 5.92 Å². The fourth-order valence-corrected chi connectivity index (χ4v) is 3.96. The number of aromatic nitrogens is 1. The first-order chi connectivity index (χ1) is 9.99. The van der Waals surface area contributed by atoms with Crippen molar-refractivity contribution in [2.75, 3.05) is 24.7 Å². The molecule has 0 aliphatic carbocycles. The van der Waals surface area contributed by atoms with Gasteiger partial charge in [-0.05, 0) is 32.3 Å². The summed E-state index contributed by atoms with van der Waals surface area (Å²) in [5.41, 5.74) is -0.704. The topological polar surface area (TPSA) is 45.6 Å². The summed E-state index contributed by atoms with van der Waals surface area (Å²) in [4.78, 5) is 6.59. The fourth-order valence-electron chi connectivity index (χ4n) is 3.47. The van der Waals surface area contributed by atoms with E-state index >= 15 is 0 Å². The molecule has 21 heavy (non-hydrogen) atoms. The average molecular weight is 331 g/mol. The van der Waals surface area contributed by atoms with E-state index < -0.39 is 5.60 Å². The highest BCUT2D eigenvalue weighted by molar-refractivity contribution is 6.36. The number of hydrogen-bond donors (Lipinski definition) is 1. The highest BCUT2D eigenvalue weighted by atomic mass is 35.5. The number of rotatable bonds is 2. The minimum Gasteiger partial charge on any atom is -0.390 e. The molecule has 0 unspecified atom stereocenters. The van der Waals surface area contributed by atoms with Crippen molar-refractivity contribution in [2.24, 2.45) is 5.92 Å². The molecule has 0 bridgehead atoms. The molecule has 3 rings (SSSR count). The zero-order chi connectivity index (χ0) is 15.0. The van der Waals surface area contributed by atoms with E-state index in [1.165, 1.54) is 0 Å². The lowest BCUT2D eigenvalue weighted by molar-refractivity contribution is -0.108. The molecule has 116 valence electrons. The predicted octanol–water partition coefficient (Wildman–Crippen LogP) is 3.14. The Bertz CT molecular complexity index is 524. The van der Waals surface area contributed by atoms with Gasteiger partial charge in [0.25, 0.3) is 0 Å². The van der Waals surface area contributed by atoms with Crippen LogP contribution in [0.15, 0.2) is 12.3 Å². The zero-order valence-electron chi connectivity index (χ0n) is 12.1. The van der Waals surface area contributed by atoms with Gasteiger partial charge in [-0.3, -0.25) is 0 Å². The van der Waals surface area contributed by atoms with Gasteiger partial charge >= 0.3 is 0 Å². The van der Waals surface area contributed by atoms with Gasteiger partial charge < -0.3 is 14.7 Å². The summed E-state index contributed by atoms with van der Waals surface area (Å²) in [6.45, 7) is 4.01. The van der Waals surface area contributed by atoms with Gasteiger partial charge in [0.1, 0.15) is 5.82 Å². The van der Waals surface area contributed by atoms with Crippen molar-refractivity contribution in [3.8, 4) is 0 Å². The second-order valence-electron chi connectivity index (χ2n) is 6.15. The Kier molecular flexibility index (Phi) is 4.33. The van der Waals surface area contributed by atoms with Crippen molar-refractivity contribution in [1.29, 1.82) is 0 Å². The molecule has 1 N–H and O–H groups in total. The summed E-state index contributed by atoms with van der Waals surface area (Å²) in [5.74, 6) is 0.826. The molecule has 0 radical (unpaired) electrons. The van der Waals surface area contributed by atoms with Crippen molar-refractivity contribution in [2.45, 2.75) is 37.8 Å². The number of pyridine rings is 1. The SMILES string of the molecule is C[C@]1(O)CCOC[C@@H]1[C@H]1CCCN1c1ncc(Cl)cc1Cl. The van der Waals surface area contributed by atoms with Crippen LogP contribution in [0.4, 0.5) is 5.82 Å². The maximum Gasteiger partial charge on any atom is 0.147 e. The van der Waals surface area contributed by atoms with Gasteiger partial charge in [0.05, 0.1) is 22.3 Å². The molecule has 0 spiro atoms. The quantitative estimate of drug-likeness (QED) is 0.904. The van der Waals surface area contributed by atoms with Gasteiger partial charge in [-0.2, -0.15) is 0 Å². The molecule has 3 heterocycles. The highest BCUT2D eigenvalue weighted by Gasteiger charge is 2.44. The second kappa shape index (κ2) is 5.92. The van der Waals surface area contributed by atoms with Crippen LogP contribution in [0.1, 0.15) is 26.2 Å². The van der Waals surface area contributed by atoms with Crippen molar-refractivity contribution < 1.29 is 9.84 Å². The monoisotopic (exact) mass is 330 g/mol. The van der Waals surface area contributed by atoms with Crippen LogP contribution in [0.2, 0.25) is 10.0 Å². The summed E-state index contributed by atoms with van der Waals surface area (Å²) in [5, 5.41) is 11.8. The Labute approximate surface area is 135 Å². The largest absolute Gasteiger partial charge is 0.390 e. The van der Waals surface area contributed by atoms with Crippen LogP contribution < -0.4 is 4.90 Å². The third kappa shape index (κ3) is 3.00. The third-order valence-corrected chi connectivity index (χ3v) is 5.16. The molecule has 2 aliphatic rings. The normalized spacial score (nSPS) is 33.4. The molecule has 2 aliphatic heterocycles. The number of nitrogens with zero attached hydrogens (tertiary/aromatic N) is 2. The van der Waals surface area contributed by atoms with Crippen LogP contribution in [0.5, 0.6) is 0 Å². The first-order valence-corrected chi connectivity index (χ1v) is 8.12. The van der Waals surface area contributed by atoms with E-state index in [9.17, 15) is 5.11 Å². The third-order valence-electron chi connectivity index (χ3n) is 4.67. The maximum absolute atomic E-state index is 10.7. The van der Waals surface area contributed by atoms with Crippen LogP contribution >= 0.6 is 23.2 Å². The summed E-state index contributed by atoms with van der Waals surface area (Å²) >= 11 is 12.2. The summed E-state index contributed by atoms with van der Waals surface area (Å²) < 4.78 is 5.60. The number of halogens is 2. The van der Waals surface area contributed by atoms with Crippen molar-refractivity contribution in [3.63, 3.8) is 0 Å². The minimum atomic E-state index is -0.704. The van der Waals surface area contributed by atoms with E-state index in [0.29, 0.717) is 29.7 Å². The number of anilines is 1. The molecule has 1 aromatic rings. The van der Waals surface area contributed by atoms with Gasteiger partial charge in [0.15, 0.2) is 0 Å². The summed E-state index contributed by atoms with van der Waals surface area (Å²) in [6, 6.07) is 1.92. The van der Waals surface area contributed by atoms with Crippen LogP contribution in [0.3, 0.4) is 0 Å². The Morgan fingerprint density at radius 2 is 2.29 bits per heavy atom. The smallest absolute Gasteiger partial charge is 0.147 e. The predicted molar refractivity (Wildman–Crippen MR) is 84.2 cm³/mol. The van der Waals surface area contributed by atoms with Crippen LogP contribution in [-0.4, -0.2) is 41.5 Å². The molecule has 3 atom stereocenters. The van der Waals surface area contributed by atoms with E-state index in [1.807, 2.05) is 6.92 Å². The number of hydrogen-bond acceptors (Lipinski definition) is 4. The van der Waals surface area contributed by atoms with Gasteiger partial charge in [-0.15, -0.1) is 0 Å². The highest BCUT2D eigenvalue weighted by Crippen LogP contribution is 2.39. The first kappa shape index (κ1) is 15.3. The molecule has 2 saturated heterocycles.